The normalized spacial score (nSPS) is 10.6. The summed E-state index contributed by atoms with van der Waals surface area (Å²) in [4.78, 5) is 12.5. The number of aryl methyl sites for hydroxylation is 1. The first-order chi connectivity index (χ1) is 8.08. The van der Waals surface area contributed by atoms with Gasteiger partial charge >= 0.3 is 0 Å². The van der Waals surface area contributed by atoms with Crippen molar-refractivity contribution < 1.29 is 0 Å². The molecule has 1 aromatic heterocycles. The molecule has 0 fully saturated rings. The average Bonchev–Trinajstić information content (AvgIpc) is 2.27. The van der Waals surface area contributed by atoms with Gasteiger partial charge in [0.15, 0.2) is 0 Å². The number of halogens is 1. The maximum absolute atomic E-state index is 12.1. The van der Waals surface area contributed by atoms with Gasteiger partial charge in [0.1, 0.15) is 0 Å². The highest BCUT2D eigenvalue weighted by molar-refractivity contribution is 7.80. The van der Waals surface area contributed by atoms with Crippen molar-refractivity contribution in [3.63, 3.8) is 0 Å². The van der Waals surface area contributed by atoms with Gasteiger partial charge in [-0.05, 0) is 29.7 Å². The highest BCUT2D eigenvalue weighted by Crippen LogP contribution is 2.16. The zero-order valence-corrected chi connectivity index (χ0v) is 10.6. The van der Waals surface area contributed by atoms with Crippen LogP contribution in [0.5, 0.6) is 0 Å². The van der Waals surface area contributed by atoms with Gasteiger partial charge in [0, 0.05) is 29.6 Å². The van der Waals surface area contributed by atoms with E-state index in [9.17, 15) is 4.79 Å². The minimum atomic E-state index is -0.0459. The van der Waals surface area contributed by atoms with Gasteiger partial charge in [0.05, 0.1) is 4.99 Å². The number of pyridine rings is 1. The third-order valence-electron chi connectivity index (χ3n) is 2.54. The molecule has 17 heavy (non-hydrogen) atoms. The molecule has 88 valence electrons. The molecule has 0 spiro atoms. The van der Waals surface area contributed by atoms with Gasteiger partial charge in [-0.2, -0.15) is 0 Å². The smallest absolute Gasteiger partial charge is 0.258 e. The van der Waals surface area contributed by atoms with E-state index < -0.39 is 0 Å². The summed E-state index contributed by atoms with van der Waals surface area (Å²) in [5.74, 6) is 0. The van der Waals surface area contributed by atoms with Crippen molar-refractivity contribution in [1.82, 2.24) is 4.57 Å². The lowest BCUT2D eigenvalue weighted by Crippen LogP contribution is -2.22. The lowest BCUT2D eigenvalue weighted by molar-refractivity contribution is 0.702. The van der Waals surface area contributed by atoms with Gasteiger partial charge in [-0.15, -0.1) is 0 Å². The predicted molar refractivity (Wildman–Crippen MR) is 74.6 cm³/mol. The van der Waals surface area contributed by atoms with Gasteiger partial charge in [-0.1, -0.05) is 23.8 Å². The fourth-order valence-corrected chi connectivity index (χ4v) is 1.94. The molecule has 0 aliphatic heterocycles. The Bertz CT molecular complexity index is 636. The second-order valence-electron chi connectivity index (χ2n) is 3.76. The van der Waals surface area contributed by atoms with E-state index in [0.717, 1.165) is 5.39 Å². The van der Waals surface area contributed by atoms with Crippen LogP contribution in [0.4, 0.5) is 0 Å². The summed E-state index contributed by atoms with van der Waals surface area (Å²) in [6.45, 7) is 0.507. The van der Waals surface area contributed by atoms with Crippen molar-refractivity contribution in [3.8, 4) is 0 Å². The third kappa shape index (κ3) is 2.65. The lowest BCUT2D eigenvalue weighted by atomic mass is 10.2. The number of benzene rings is 1. The predicted octanol–water partition coefficient (Wildman–Crippen LogP) is 2.33. The molecule has 1 aromatic carbocycles. The van der Waals surface area contributed by atoms with Crippen LogP contribution in [0.25, 0.3) is 10.8 Å². The Labute approximate surface area is 109 Å². The van der Waals surface area contributed by atoms with Gasteiger partial charge in [-0.25, -0.2) is 0 Å². The maximum Gasteiger partial charge on any atom is 0.258 e. The van der Waals surface area contributed by atoms with Crippen molar-refractivity contribution in [2.24, 2.45) is 5.73 Å². The van der Waals surface area contributed by atoms with E-state index >= 15 is 0 Å². The Morgan fingerprint density at radius 1 is 1.41 bits per heavy atom. The molecular formula is C12H11ClN2OS. The summed E-state index contributed by atoms with van der Waals surface area (Å²) < 4.78 is 1.61. The second-order valence-corrected chi connectivity index (χ2v) is 4.72. The summed E-state index contributed by atoms with van der Waals surface area (Å²) >= 11 is 10.7. The molecule has 0 aliphatic rings. The monoisotopic (exact) mass is 266 g/mol. The quantitative estimate of drug-likeness (QED) is 0.868. The summed E-state index contributed by atoms with van der Waals surface area (Å²) in [5.41, 5.74) is 5.38. The topological polar surface area (TPSA) is 48.0 Å². The minimum absolute atomic E-state index is 0.0459. The lowest BCUT2D eigenvalue weighted by Gasteiger charge is -2.06. The van der Waals surface area contributed by atoms with Crippen molar-refractivity contribution in [2.45, 2.75) is 13.0 Å². The van der Waals surface area contributed by atoms with Crippen LogP contribution in [0.3, 0.4) is 0 Å². The Morgan fingerprint density at radius 2 is 2.18 bits per heavy atom. The van der Waals surface area contributed by atoms with E-state index in [4.69, 9.17) is 29.6 Å². The van der Waals surface area contributed by atoms with Crippen LogP contribution in [0.15, 0.2) is 35.3 Å². The summed E-state index contributed by atoms with van der Waals surface area (Å²) in [7, 11) is 0. The summed E-state index contributed by atoms with van der Waals surface area (Å²) in [6, 6.07) is 7.08. The van der Waals surface area contributed by atoms with E-state index in [2.05, 4.69) is 0 Å². The fraction of sp³-hybridized carbons (Fsp3) is 0.167. The van der Waals surface area contributed by atoms with Crippen LogP contribution in [0, 0.1) is 0 Å². The molecule has 3 nitrogen and oxygen atoms in total. The molecule has 0 radical (unpaired) electrons. The van der Waals surface area contributed by atoms with E-state index in [-0.39, 0.29) is 5.56 Å². The van der Waals surface area contributed by atoms with Crippen LogP contribution in [0.1, 0.15) is 6.42 Å². The van der Waals surface area contributed by atoms with Gasteiger partial charge in [0.25, 0.3) is 5.56 Å². The van der Waals surface area contributed by atoms with Gasteiger partial charge in [-0.3, -0.25) is 4.79 Å². The van der Waals surface area contributed by atoms with Crippen LogP contribution in [-0.2, 0) is 6.54 Å². The maximum atomic E-state index is 12.1. The van der Waals surface area contributed by atoms with Crippen molar-refractivity contribution in [3.05, 3.63) is 45.8 Å². The summed E-state index contributed by atoms with van der Waals surface area (Å²) in [6.07, 6.45) is 2.26. The Morgan fingerprint density at radius 3 is 2.88 bits per heavy atom. The van der Waals surface area contributed by atoms with E-state index in [1.807, 2.05) is 6.07 Å². The zero-order chi connectivity index (χ0) is 12.4. The zero-order valence-electron chi connectivity index (χ0n) is 9.02. The Hall–Kier alpha value is -1.39. The molecule has 0 saturated heterocycles. The minimum Gasteiger partial charge on any atom is -0.393 e. The number of nitrogens with zero attached hydrogens (tertiary/aromatic N) is 1. The average molecular weight is 267 g/mol. The van der Waals surface area contributed by atoms with E-state index in [1.54, 1.807) is 29.0 Å². The van der Waals surface area contributed by atoms with Gasteiger partial charge in [0.2, 0.25) is 0 Å². The molecular weight excluding hydrogens is 256 g/mol. The second kappa shape index (κ2) is 4.85. The first-order valence-electron chi connectivity index (χ1n) is 5.15. The molecule has 0 unspecified atom stereocenters. The number of nitrogens with two attached hydrogens (primary N) is 1. The molecule has 2 N–H and O–H groups in total. The first kappa shape index (κ1) is 12.1. The molecule has 1 heterocycles. The van der Waals surface area contributed by atoms with E-state index in [0.29, 0.717) is 28.4 Å². The fourth-order valence-electron chi connectivity index (χ4n) is 1.67. The van der Waals surface area contributed by atoms with E-state index in [1.165, 1.54) is 0 Å². The number of hydrogen-bond acceptors (Lipinski definition) is 2. The Kier molecular flexibility index (Phi) is 3.45. The highest BCUT2D eigenvalue weighted by Gasteiger charge is 2.03. The number of hydrogen-bond donors (Lipinski definition) is 1. The molecule has 5 heteroatoms. The van der Waals surface area contributed by atoms with Crippen molar-refractivity contribution in [1.29, 1.82) is 0 Å². The molecule has 0 saturated carbocycles. The molecule has 2 rings (SSSR count). The first-order valence-corrected chi connectivity index (χ1v) is 5.93. The van der Waals surface area contributed by atoms with Crippen LogP contribution in [-0.4, -0.2) is 9.56 Å². The van der Waals surface area contributed by atoms with Crippen molar-refractivity contribution >= 4 is 39.6 Å². The number of thiocarbonyl (C=S) groups is 1. The summed E-state index contributed by atoms with van der Waals surface area (Å²) in [5, 5.41) is 2.12. The number of rotatable bonds is 3. The molecule has 0 aliphatic carbocycles. The standard InChI is InChI=1S/C12H11ClN2OS/c13-9-1-2-10-8(7-9)3-5-15(12(10)16)6-4-11(14)17/h1-3,5,7H,4,6H2,(H2,14,17). The highest BCUT2D eigenvalue weighted by atomic mass is 35.5. The number of aromatic nitrogens is 1. The molecule has 0 atom stereocenters. The third-order valence-corrected chi connectivity index (χ3v) is 2.98. The molecule has 0 bridgehead atoms. The van der Waals surface area contributed by atoms with Crippen LogP contribution < -0.4 is 11.3 Å². The van der Waals surface area contributed by atoms with Crippen LogP contribution >= 0.6 is 23.8 Å². The largest absolute Gasteiger partial charge is 0.393 e. The Balaban J connectivity index is 2.47. The SMILES string of the molecule is NC(=S)CCn1ccc2cc(Cl)ccc2c1=O. The number of fused-ring (bicyclic) bond motifs is 1. The van der Waals surface area contributed by atoms with Gasteiger partial charge < -0.3 is 10.3 Å². The van der Waals surface area contributed by atoms with Crippen molar-refractivity contribution in [2.75, 3.05) is 0 Å². The molecule has 2 aromatic rings. The van der Waals surface area contributed by atoms with Crippen LogP contribution in [0.2, 0.25) is 5.02 Å². The molecule has 0 amide bonds.